The number of hydrogen-bond acceptors (Lipinski definition) is 19. The highest BCUT2D eigenvalue weighted by Crippen LogP contribution is 2.61. The molecule has 0 aromatic carbocycles. The zero-order chi connectivity index (χ0) is 32.3. The van der Waals surface area contributed by atoms with Crippen LogP contribution in [-0.2, 0) is 37.8 Å². The molecular formula is C19H27FN12O8P2S3. The summed E-state index contributed by atoms with van der Waals surface area (Å²) in [5.41, 5.74) is 19.4. The maximum Gasteiger partial charge on any atom is 0.386 e. The molecule has 246 valence electrons. The number of hydrogen-bond donors (Lipinski definition) is 7. The van der Waals surface area contributed by atoms with Gasteiger partial charge < -0.3 is 21.9 Å². The maximum absolute atomic E-state index is 16.9. The highest BCUT2D eigenvalue weighted by Gasteiger charge is 2.58. The minimum Gasteiger partial charge on any atom is -0.391 e. The molecule has 6 heterocycles. The van der Waals surface area contributed by atoms with Crippen LogP contribution < -0.4 is 33.2 Å². The largest absolute Gasteiger partial charge is 0.391 e. The van der Waals surface area contributed by atoms with Crippen molar-refractivity contribution in [2.24, 2.45) is 0 Å². The van der Waals surface area contributed by atoms with Crippen molar-refractivity contribution in [1.82, 2.24) is 40.4 Å². The molecule has 6 rings (SSSR count). The molecular weight excluding hydrogens is 701 g/mol. The number of rotatable bonds is 4. The van der Waals surface area contributed by atoms with Crippen LogP contribution in [0.2, 0.25) is 0 Å². The number of anilines is 4. The number of thiol groups is 2. The van der Waals surface area contributed by atoms with E-state index in [4.69, 9.17) is 40.0 Å². The van der Waals surface area contributed by atoms with Gasteiger partial charge in [0.25, 0.3) is 11.4 Å². The van der Waals surface area contributed by atoms with Crippen LogP contribution in [0, 0.1) is 0 Å². The van der Waals surface area contributed by atoms with E-state index in [1.54, 1.807) is 0 Å². The second kappa shape index (κ2) is 12.1. The van der Waals surface area contributed by atoms with Gasteiger partial charge in [0.15, 0.2) is 28.9 Å². The molecule has 20 nitrogen and oxygen atoms in total. The molecule has 3 aliphatic heterocycles. The molecule has 3 saturated heterocycles. The van der Waals surface area contributed by atoms with Gasteiger partial charge in [-0.1, -0.05) is 29.7 Å². The van der Waals surface area contributed by atoms with Crippen molar-refractivity contribution in [3.8, 4) is 0 Å². The van der Waals surface area contributed by atoms with Gasteiger partial charge in [-0.15, -0.1) is 16.9 Å². The Morgan fingerprint density at radius 1 is 1.18 bits per heavy atom. The molecule has 45 heavy (non-hydrogen) atoms. The number of halogens is 1. The van der Waals surface area contributed by atoms with Gasteiger partial charge in [0.1, 0.15) is 36.2 Å². The number of nitrogens with two attached hydrogens (primary N) is 3. The normalized spacial score (nSPS) is 35.8. The lowest BCUT2D eigenvalue weighted by atomic mass is 10.1. The average Bonchev–Trinajstić information content (AvgIpc) is 3.66. The minimum atomic E-state index is -4.33. The Balaban J connectivity index is 1.31. The van der Waals surface area contributed by atoms with E-state index >= 15 is 4.39 Å². The van der Waals surface area contributed by atoms with Crippen LogP contribution in [0.5, 0.6) is 0 Å². The smallest absolute Gasteiger partial charge is 0.386 e. The lowest BCUT2D eigenvalue weighted by molar-refractivity contribution is -0.0419. The zero-order valence-electron chi connectivity index (χ0n) is 23.0. The Morgan fingerprint density at radius 2 is 1.91 bits per heavy atom. The quantitative estimate of drug-likeness (QED) is 0.109. The summed E-state index contributed by atoms with van der Waals surface area (Å²) in [6.07, 6.45) is -2.77. The molecule has 3 fully saturated rings. The number of aromatic nitrogens is 7. The number of fused-ring (bicyclic) bond motifs is 4. The number of hydrazine groups is 1. The summed E-state index contributed by atoms with van der Waals surface area (Å²) in [5.74, 6) is -2.96. The fourth-order valence-electron chi connectivity index (χ4n) is 5.05. The van der Waals surface area contributed by atoms with Gasteiger partial charge in [0, 0.05) is 12.3 Å². The van der Waals surface area contributed by atoms with Gasteiger partial charge in [0.2, 0.25) is 5.95 Å². The molecule has 0 amide bonds. The highest BCUT2D eigenvalue weighted by atomic mass is 32.7. The number of nitrogens with one attached hydrogen (secondary N) is 2. The predicted octanol–water partition coefficient (Wildman–Crippen LogP) is 0.438. The van der Waals surface area contributed by atoms with E-state index in [2.05, 4.69) is 60.2 Å². The molecule has 0 radical (unpaired) electrons. The first-order valence-corrected chi connectivity index (χ1v) is 19.3. The Bertz CT molecular complexity index is 1770. The molecule has 0 aliphatic carbocycles. The number of thioether (sulfide) groups is 1. The second-order valence-electron chi connectivity index (χ2n) is 9.97. The molecule has 3 aromatic rings. The van der Waals surface area contributed by atoms with E-state index in [0.717, 1.165) is 11.0 Å². The number of alkyl halides is 1. The Morgan fingerprint density at radius 3 is 2.67 bits per heavy atom. The van der Waals surface area contributed by atoms with E-state index in [-0.39, 0.29) is 47.5 Å². The monoisotopic (exact) mass is 728 g/mol. The van der Waals surface area contributed by atoms with Gasteiger partial charge >= 0.3 is 13.6 Å². The highest BCUT2D eigenvalue weighted by molar-refractivity contribution is 8.44. The van der Waals surface area contributed by atoms with Crippen molar-refractivity contribution in [2.75, 3.05) is 49.1 Å². The van der Waals surface area contributed by atoms with Gasteiger partial charge in [-0.05, 0) is 6.42 Å². The van der Waals surface area contributed by atoms with Gasteiger partial charge in [-0.2, -0.15) is 9.67 Å². The lowest BCUT2D eigenvalue weighted by Gasteiger charge is -2.33. The summed E-state index contributed by atoms with van der Waals surface area (Å²) >= 11 is 9.45. The summed E-state index contributed by atoms with van der Waals surface area (Å²) in [4.78, 5) is 26.6. The van der Waals surface area contributed by atoms with Crippen molar-refractivity contribution in [3.63, 3.8) is 0 Å². The molecule has 8 atom stereocenters. The lowest BCUT2D eigenvalue weighted by Crippen LogP contribution is -2.48. The van der Waals surface area contributed by atoms with Crippen LogP contribution >= 0.6 is 49.9 Å². The van der Waals surface area contributed by atoms with Crippen LogP contribution in [0.3, 0.4) is 0 Å². The van der Waals surface area contributed by atoms with Crippen LogP contribution in [0.25, 0.3) is 11.2 Å². The Hall–Kier alpha value is -2.24. The Kier molecular flexibility index (Phi) is 8.78. The maximum atomic E-state index is 16.9. The number of nitrogens with zero attached hydrogens (tertiary/aromatic N) is 7. The number of aromatic amines is 1. The third-order valence-electron chi connectivity index (χ3n) is 7.05. The van der Waals surface area contributed by atoms with Gasteiger partial charge in [-0.3, -0.25) is 32.9 Å². The molecule has 8 N–H and O–H groups in total. The minimum absolute atomic E-state index is 0.00963. The molecule has 0 spiro atoms. The van der Waals surface area contributed by atoms with Crippen LogP contribution in [0.4, 0.5) is 27.7 Å². The van der Waals surface area contributed by atoms with E-state index in [0.29, 0.717) is 0 Å². The van der Waals surface area contributed by atoms with Crippen LogP contribution in [0.15, 0.2) is 11.1 Å². The van der Waals surface area contributed by atoms with Crippen molar-refractivity contribution in [3.05, 3.63) is 16.7 Å². The fourth-order valence-corrected chi connectivity index (χ4v) is 9.77. The number of ether oxygens (including phenoxy) is 1. The summed E-state index contributed by atoms with van der Waals surface area (Å²) in [6.45, 7) is -10.1. The summed E-state index contributed by atoms with van der Waals surface area (Å²) < 4.78 is 73.0. The van der Waals surface area contributed by atoms with E-state index in [9.17, 15) is 13.9 Å². The first-order valence-electron chi connectivity index (χ1n) is 12.9. The van der Waals surface area contributed by atoms with Crippen LogP contribution in [0.1, 0.15) is 6.42 Å². The summed E-state index contributed by atoms with van der Waals surface area (Å²) in [5, 5.41) is 7.81. The molecule has 3 aromatic heterocycles. The fraction of sp³-hybridized carbons (Fsp3) is 0.579. The number of H-pyrrole nitrogens is 1. The van der Waals surface area contributed by atoms with E-state index < -0.39 is 67.1 Å². The second-order valence-corrected chi connectivity index (χ2v) is 17.1. The first kappa shape index (κ1) is 32.7. The number of nitrogen functional groups attached to an aromatic ring is 3. The van der Waals surface area contributed by atoms with Crippen molar-refractivity contribution in [1.29, 1.82) is 0 Å². The third kappa shape index (κ3) is 6.25. The standard InChI is InChI=1S/C19H27FN12O8P2S3/c1-24-31(14-10(21)16(33)28-18(23)27-14)17-8-2-7(45-17)3-37-42(35,44)40-12-9(4-38-41(34,43)39-8)36-5-19(12,20)32-15-11(29-30-32)13(22)25-6-26-15/h6-9,12,17,24H,2-5,21H2,1H3,(H,34,43)(H,35,44)(H2,22,25,26)(H3,23,27,28,33)/t7-,8+,9+,12+,17+,19-,41?,42?/m0/s1. The zero-order valence-corrected chi connectivity index (χ0v) is 27.4. The third-order valence-corrected chi connectivity index (χ3v) is 11.8. The van der Waals surface area contributed by atoms with Crippen molar-refractivity contribution >= 4 is 84.3 Å². The van der Waals surface area contributed by atoms with Crippen molar-refractivity contribution < 1.29 is 36.4 Å². The van der Waals surface area contributed by atoms with E-state index in [1.165, 1.54) is 23.8 Å². The molecule has 2 bridgehead atoms. The van der Waals surface area contributed by atoms with Gasteiger partial charge in [0.05, 0.1) is 13.2 Å². The predicted molar refractivity (Wildman–Crippen MR) is 166 cm³/mol. The molecule has 2 unspecified atom stereocenters. The molecule has 3 aliphatic rings. The topological polar surface area (TPSA) is 276 Å². The van der Waals surface area contributed by atoms with Crippen LogP contribution in [-0.4, -0.2) is 90.7 Å². The Labute approximate surface area is 267 Å². The average molecular weight is 729 g/mol. The molecule has 0 saturated carbocycles. The van der Waals surface area contributed by atoms with Crippen molar-refractivity contribution in [2.45, 2.75) is 41.1 Å². The van der Waals surface area contributed by atoms with Gasteiger partial charge in [-0.25, -0.2) is 28.9 Å². The van der Waals surface area contributed by atoms with E-state index in [1.807, 2.05) is 0 Å². The first-order chi connectivity index (χ1) is 21.2. The summed E-state index contributed by atoms with van der Waals surface area (Å²) in [6, 6.07) is 0. The summed E-state index contributed by atoms with van der Waals surface area (Å²) in [7, 11) is 1.53. The molecule has 26 heteroatoms. The SMILES string of the molecule is CNN(c1nc(N)[nH]c(=O)c1N)[C@@H]1S[C@@H]2COP(=O)(S)O[C@@H]3[C@@H](COP(=O)(S)O[C@@H]1C2)OC[C@]3(F)n1nnc2c(N)ncnc21.